The summed E-state index contributed by atoms with van der Waals surface area (Å²) < 4.78 is 6.77. The number of benzene rings is 3. The number of aromatic nitrogens is 3. The number of hydrogen-bond donors (Lipinski definition) is 2. The zero-order chi connectivity index (χ0) is 23.5. The van der Waals surface area contributed by atoms with E-state index in [1.54, 1.807) is 24.3 Å². The number of para-hydroxylation sites is 1. The van der Waals surface area contributed by atoms with E-state index in [2.05, 4.69) is 25.6 Å². The van der Waals surface area contributed by atoms with Crippen molar-refractivity contribution < 1.29 is 9.66 Å². The molecule has 3 aromatic carbocycles. The van der Waals surface area contributed by atoms with Crippen LogP contribution in [0.25, 0.3) is 10.2 Å². The van der Waals surface area contributed by atoms with Crippen molar-refractivity contribution in [2.45, 2.75) is 6.92 Å². The van der Waals surface area contributed by atoms with E-state index < -0.39 is 4.92 Å². The van der Waals surface area contributed by atoms with Crippen molar-refractivity contribution in [3.63, 3.8) is 0 Å². The summed E-state index contributed by atoms with van der Waals surface area (Å²) in [7, 11) is 0. The second-order valence-electron chi connectivity index (χ2n) is 7.36. The van der Waals surface area contributed by atoms with Crippen LogP contribution in [0.1, 0.15) is 5.56 Å². The number of nitrogens with zero attached hydrogens (tertiary/aromatic N) is 4. The number of nitro groups is 1. The molecule has 10 heteroatoms. The van der Waals surface area contributed by atoms with E-state index in [1.807, 2.05) is 55.5 Å². The predicted octanol–water partition coefficient (Wildman–Crippen LogP) is 6.58. The Balaban J connectivity index is 1.38. The lowest BCUT2D eigenvalue weighted by Gasteiger charge is -2.10. The molecule has 0 unspecified atom stereocenters. The quantitative estimate of drug-likeness (QED) is 0.202. The van der Waals surface area contributed by atoms with Gasteiger partial charge >= 0.3 is 5.69 Å². The van der Waals surface area contributed by atoms with Crippen molar-refractivity contribution in [1.82, 2.24) is 15.0 Å². The average Bonchev–Trinajstić information content (AvgIpc) is 3.22. The van der Waals surface area contributed by atoms with Crippen LogP contribution in [0.4, 0.5) is 28.1 Å². The molecule has 0 fully saturated rings. The molecule has 2 heterocycles. The predicted molar refractivity (Wildman–Crippen MR) is 133 cm³/mol. The molecule has 168 valence electrons. The Hall–Kier alpha value is -4.57. The van der Waals surface area contributed by atoms with Gasteiger partial charge in [0.25, 0.3) is 0 Å². The molecular weight excluding hydrogens is 452 g/mol. The van der Waals surface area contributed by atoms with E-state index in [4.69, 9.17) is 4.74 Å². The molecule has 0 aliphatic rings. The Morgan fingerprint density at radius 2 is 1.62 bits per heavy atom. The molecule has 0 atom stereocenters. The Morgan fingerprint density at radius 1 is 0.912 bits per heavy atom. The van der Waals surface area contributed by atoms with E-state index in [0.717, 1.165) is 21.5 Å². The van der Waals surface area contributed by atoms with Crippen LogP contribution in [0.2, 0.25) is 0 Å². The number of nitrogens with one attached hydrogen (secondary N) is 2. The van der Waals surface area contributed by atoms with Crippen LogP contribution in [0.5, 0.6) is 11.5 Å². The van der Waals surface area contributed by atoms with Gasteiger partial charge in [-0.2, -0.15) is 0 Å². The summed E-state index contributed by atoms with van der Waals surface area (Å²) in [6, 6.07) is 22.4. The first-order valence-electron chi connectivity index (χ1n) is 10.3. The molecule has 0 saturated heterocycles. The largest absolute Gasteiger partial charge is 0.457 e. The van der Waals surface area contributed by atoms with Crippen molar-refractivity contribution in [2.75, 3.05) is 10.6 Å². The third kappa shape index (κ3) is 4.62. The molecule has 5 rings (SSSR count). The molecule has 9 nitrogen and oxygen atoms in total. The lowest BCUT2D eigenvalue weighted by atomic mass is 10.2. The number of ether oxygens (including phenoxy) is 1. The molecule has 0 radical (unpaired) electrons. The normalized spacial score (nSPS) is 10.7. The number of fused-ring (bicyclic) bond motifs is 1. The van der Waals surface area contributed by atoms with E-state index >= 15 is 0 Å². The summed E-state index contributed by atoms with van der Waals surface area (Å²) in [6.07, 6.45) is 1.27. The summed E-state index contributed by atoms with van der Waals surface area (Å²) in [5.74, 6) is 1.48. The van der Waals surface area contributed by atoms with Crippen LogP contribution in [-0.2, 0) is 0 Å². The minimum absolute atomic E-state index is 0.0577. The molecule has 0 amide bonds. The van der Waals surface area contributed by atoms with Crippen molar-refractivity contribution >= 4 is 49.7 Å². The Bertz CT molecular complexity index is 1470. The van der Waals surface area contributed by atoms with Crippen molar-refractivity contribution in [3.8, 4) is 11.5 Å². The first kappa shape index (κ1) is 21.3. The maximum atomic E-state index is 11.9. The summed E-state index contributed by atoms with van der Waals surface area (Å²) in [4.78, 5) is 24.1. The van der Waals surface area contributed by atoms with Crippen LogP contribution < -0.4 is 15.4 Å². The van der Waals surface area contributed by atoms with E-state index in [0.29, 0.717) is 16.6 Å². The molecule has 0 spiro atoms. The highest BCUT2D eigenvalue weighted by Gasteiger charge is 2.24. The lowest BCUT2D eigenvalue weighted by molar-refractivity contribution is -0.383. The zero-order valence-electron chi connectivity index (χ0n) is 17.9. The molecule has 5 aromatic rings. The van der Waals surface area contributed by atoms with Gasteiger partial charge < -0.3 is 15.4 Å². The van der Waals surface area contributed by atoms with E-state index in [1.165, 1.54) is 17.7 Å². The second-order valence-corrected chi connectivity index (χ2v) is 8.39. The molecule has 0 bridgehead atoms. The standard InChI is InChI=1S/C24H18N6O3S/c1-15-7-12-19-20(13-15)34-24(28-19)29-23-21(30(31)32)22(25-14-26-23)27-16-8-10-18(11-9-16)33-17-5-3-2-4-6-17/h2-14H,1H3,(H2,25,26,27,28,29). The smallest absolute Gasteiger partial charge is 0.353 e. The van der Waals surface area contributed by atoms with Gasteiger partial charge in [-0.25, -0.2) is 15.0 Å². The lowest BCUT2D eigenvalue weighted by Crippen LogP contribution is -2.05. The van der Waals surface area contributed by atoms with Gasteiger partial charge in [-0.1, -0.05) is 35.6 Å². The zero-order valence-corrected chi connectivity index (χ0v) is 18.7. The van der Waals surface area contributed by atoms with Crippen LogP contribution in [0.3, 0.4) is 0 Å². The fourth-order valence-corrected chi connectivity index (χ4v) is 4.25. The van der Waals surface area contributed by atoms with Gasteiger partial charge in [0.2, 0.25) is 11.6 Å². The number of rotatable bonds is 7. The van der Waals surface area contributed by atoms with Crippen LogP contribution in [-0.4, -0.2) is 19.9 Å². The molecule has 0 saturated carbocycles. The van der Waals surface area contributed by atoms with Crippen LogP contribution >= 0.6 is 11.3 Å². The molecule has 0 aliphatic heterocycles. The highest BCUT2D eigenvalue weighted by Crippen LogP contribution is 2.35. The fraction of sp³-hybridized carbons (Fsp3) is 0.0417. The van der Waals surface area contributed by atoms with Gasteiger partial charge in [0.05, 0.1) is 15.1 Å². The summed E-state index contributed by atoms with van der Waals surface area (Å²) >= 11 is 1.40. The Kier molecular flexibility index (Phi) is 5.71. The monoisotopic (exact) mass is 470 g/mol. The van der Waals surface area contributed by atoms with E-state index in [9.17, 15) is 10.1 Å². The van der Waals surface area contributed by atoms with Gasteiger partial charge in [-0.05, 0) is 61.0 Å². The number of aryl methyl sites for hydroxylation is 1. The SMILES string of the molecule is Cc1ccc2nc(Nc3ncnc(Nc4ccc(Oc5ccccc5)cc4)c3[N+](=O)[O-])sc2c1. The van der Waals surface area contributed by atoms with Gasteiger partial charge in [-0.15, -0.1) is 0 Å². The van der Waals surface area contributed by atoms with Crippen molar-refractivity contribution in [2.24, 2.45) is 0 Å². The highest BCUT2D eigenvalue weighted by atomic mass is 32.1. The number of anilines is 4. The van der Waals surface area contributed by atoms with Gasteiger partial charge in [0.15, 0.2) is 5.13 Å². The maximum absolute atomic E-state index is 11.9. The second kappa shape index (κ2) is 9.12. The molecular formula is C24H18N6O3S. The van der Waals surface area contributed by atoms with Gasteiger partial charge in [0, 0.05) is 5.69 Å². The third-order valence-electron chi connectivity index (χ3n) is 4.87. The number of thiazole rings is 1. The van der Waals surface area contributed by atoms with Crippen molar-refractivity contribution in [1.29, 1.82) is 0 Å². The highest BCUT2D eigenvalue weighted by molar-refractivity contribution is 7.22. The summed E-state index contributed by atoms with van der Waals surface area (Å²) in [5.41, 5.74) is 2.26. The van der Waals surface area contributed by atoms with Gasteiger partial charge in [0.1, 0.15) is 17.8 Å². The number of hydrogen-bond acceptors (Lipinski definition) is 9. The van der Waals surface area contributed by atoms with Gasteiger partial charge in [-0.3, -0.25) is 10.1 Å². The topological polar surface area (TPSA) is 115 Å². The summed E-state index contributed by atoms with van der Waals surface area (Å²) in [6.45, 7) is 2.00. The maximum Gasteiger partial charge on any atom is 0.353 e. The molecule has 2 aromatic heterocycles. The van der Waals surface area contributed by atoms with Crippen molar-refractivity contribution in [3.05, 3.63) is 94.8 Å². The first-order chi connectivity index (χ1) is 16.5. The average molecular weight is 471 g/mol. The fourth-order valence-electron chi connectivity index (χ4n) is 3.29. The minimum atomic E-state index is -0.519. The minimum Gasteiger partial charge on any atom is -0.457 e. The third-order valence-corrected chi connectivity index (χ3v) is 5.80. The summed E-state index contributed by atoms with van der Waals surface area (Å²) in [5, 5.41) is 18.4. The van der Waals surface area contributed by atoms with Crippen LogP contribution in [0.15, 0.2) is 79.1 Å². The first-order valence-corrected chi connectivity index (χ1v) is 11.1. The molecule has 34 heavy (non-hydrogen) atoms. The van der Waals surface area contributed by atoms with Crippen LogP contribution in [0, 0.1) is 17.0 Å². The molecule has 0 aliphatic carbocycles. The Labute approximate surface area is 198 Å². The molecule has 2 N–H and O–H groups in total. The van der Waals surface area contributed by atoms with E-state index in [-0.39, 0.29) is 17.3 Å². The Morgan fingerprint density at radius 3 is 2.35 bits per heavy atom.